The summed E-state index contributed by atoms with van der Waals surface area (Å²) >= 11 is 0. The molecule has 1 aliphatic rings. The van der Waals surface area contributed by atoms with Crippen LogP contribution in [0, 0.1) is 0 Å². The summed E-state index contributed by atoms with van der Waals surface area (Å²) < 4.78 is 39.2. The fourth-order valence-electron chi connectivity index (χ4n) is 3.35. The van der Waals surface area contributed by atoms with Gasteiger partial charge in [0.15, 0.2) is 5.65 Å². The maximum absolute atomic E-state index is 12.8. The lowest BCUT2D eigenvalue weighted by Crippen LogP contribution is -2.28. The highest BCUT2D eigenvalue weighted by molar-refractivity contribution is 5.39. The normalized spacial score (nSPS) is 21.5. The summed E-state index contributed by atoms with van der Waals surface area (Å²) in [5.74, 6) is -0.933. The molecule has 0 bridgehead atoms. The average molecular weight is 363 g/mol. The predicted molar refractivity (Wildman–Crippen MR) is 86.0 cm³/mol. The number of aliphatic hydroxyl groups excluding tert-OH is 1. The van der Waals surface area contributed by atoms with Gasteiger partial charge in [-0.2, -0.15) is 22.8 Å². The van der Waals surface area contributed by atoms with Gasteiger partial charge in [0.05, 0.1) is 6.20 Å². The molecule has 1 N–H and O–H groups in total. The Kier molecular flexibility index (Phi) is 4.12. The van der Waals surface area contributed by atoms with Gasteiger partial charge in [0.2, 0.25) is 0 Å². The molecule has 0 saturated carbocycles. The van der Waals surface area contributed by atoms with Crippen molar-refractivity contribution >= 4 is 5.65 Å². The maximum Gasteiger partial charge on any atom is 0.453 e. The van der Waals surface area contributed by atoms with Gasteiger partial charge in [-0.15, -0.1) is 10.2 Å². The third-order valence-electron chi connectivity index (χ3n) is 4.60. The van der Waals surface area contributed by atoms with Gasteiger partial charge in [-0.3, -0.25) is 4.90 Å². The zero-order chi connectivity index (χ0) is 18.3. The van der Waals surface area contributed by atoms with E-state index in [0.717, 1.165) is 5.56 Å². The van der Waals surface area contributed by atoms with Gasteiger partial charge < -0.3 is 5.11 Å². The van der Waals surface area contributed by atoms with Gasteiger partial charge in [0.1, 0.15) is 6.23 Å². The van der Waals surface area contributed by atoms with Crippen molar-refractivity contribution in [3.8, 4) is 0 Å². The lowest BCUT2D eigenvalue weighted by atomic mass is 9.98. The molecule has 1 saturated heterocycles. The first-order valence-electron chi connectivity index (χ1n) is 8.16. The molecule has 1 aromatic carbocycles. The van der Waals surface area contributed by atoms with E-state index in [2.05, 4.69) is 15.3 Å². The van der Waals surface area contributed by atoms with Crippen LogP contribution in [0.4, 0.5) is 13.2 Å². The molecular weight excluding hydrogens is 347 g/mol. The van der Waals surface area contributed by atoms with Crippen LogP contribution in [-0.2, 0) is 12.7 Å². The summed E-state index contributed by atoms with van der Waals surface area (Å²) in [6, 6.07) is 11.4. The minimum Gasteiger partial charge on any atom is -0.378 e. The van der Waals surface area contributed by atoms with E-state index in [-0.39, 0.29) is 11.6 Å². The van der Waals surface area contributed by atoms with E-state index < -0.39 is 18.2 Å². The second-order valence-electron chi connectivity index (χ2n) is 6.41. The Morgan fingerprint density at radius 3 is 2.65 bits per heavy atom. The van der Waals surface area contributed by atoms with E-state index in [1.54, 1.807) is 0 Å². The van der Waals surface area contributed by atoms with Crippen LogP contribution in [0.2, 0.25) is 0 Å². The highest BCUT2D eigenvalue weighted by Gasteiger charge is 2.38. The minimum absolute atomic E-state index is 0.0307. The summed E-state index contributed by atoms with van der Waals surface area (Å²) in [6.07, 6.45) is -3.25. The highest BCUT2D eigenvalue weighted by atomic mass is 19.4. The second-order valence-corrected chi connectivity index (χ2v) is 6.41. The molecule has 0 amide bonds. The topological polar surface area (TPSA) is 66.5 Å². The molecule has 0 aliphatic carbocycles. The van der Waals surface area contributed by atoms with Gasteiger partial charge in [0.25, 0.3) is 5.82 Å². The quantitative estimate of drug-likeness (QED) is 0.774. The molecule has 0 spiro atoms. The molecule has 9 heteroatoms. The SMILES string of the molecule is OC1CC(c2ccccc2)CN1Cc1cnn2c(C(F)(F)F)nnc2c1. The van der Waals surface area contributed by atoms with E-state index in [1.807, 2.05) is 35.2 Å². The van der Waals surface area contributed by atoms with Gasteiger partial charge in [0, 0.05) is 19.0 Å². The van der Waals surface area contributed by atoms with Crippen LogP contribution in [0.5, 0.6) is 0 Å². The molecule has 2 atom stereocenters. The largest absolute Gasteiger partial charge is 0.453 e. The number of nitrogens with zero attached hydrogens (tertiary/aromatic N) is 5. The second kappa shape index (κ2) is 6.33. The first kappa shape index (κ1) is 16.9. The van der Waals surface area contributed by atoms with Crippen LogP contribution in [0.3, 0.4) is 0 Å². The minimum atomic E-state index is -4.61. The third-order valence-corrected chi connectivity index (χ3v) is 4.60. The maximum atomic E-state index is 12.8. The number of aliphatic hydroxyl groups is 1. The van der Waals surface area contributed by atoms with Gasteiger partial charge in [-0.25, -0.2) is 0 Å². The zero-order valence-electron chi connectivity index (χ0n) is 13.6. The van der Waals surface area contributed by atoms with Crippen LogP contribution >= 0.6 is 0 Å². The molecule has 2 aromatic heterocycles. The fraction of sp³-hybridized carbons (Fsp3) is 0.353. The summed E-state index contributed by atoms with van der Waals surface area (Å²) in [4.78, 5) is 1.88. The number of hydrogen-bond acceptors (Lipinski definition) is 5. The lowest BCUT2D eigenvalue weighted by Gasteiger charge is -2.19. The van der Waals surface area contributed by atoms with Crippen molar-refractivity contribution in [2.24, 2.45) is 0 Å². The molecular formula is C17H16F3N5O. The number of rotatable bonds is 3. The van der Waals surface area contributed by atoms with Crippen molar-refractivity contribution in [1.29, 1.82) is 0 Å². The van der Waals surface area contributed by atoms with E-state index >= 15 is 0 Å². The van der Waals surface area contributed by atoms with Crippen LogP contribution in [0.1, 0.15) is 29.3 Å². The average Bonchev–Trinajstić information content (AvgIpc) is 3.19. The smallest absolute Gasteiger partial charge is 0.378 e. The first-order valence-corrected chi connectivity index (χ1v) is 8.16. The van der Waals surface area contributed by atoms with Crippen LogP contribution in [0.25, 0.3) is 5.65 Å². The summed E-state index contributed by atoms with van der Waals surface area (Å²) in [5, 5.41) is 20.9. The molecule has 4 rings (SSSR count). The summed E-state index contributed by atoms with van der Waals surface area (Å²) in [6.45, 7) is 1.04. The molecule has 136 valence electrons. The van der Waals surface area contributed by atoms with E-state index in [4.69, 9.17) is 0 Å². The lowest BCUT2D eigenvalue weighted by molar-refractivity contribution is -0.146. The van der Waals surface area contributed by atoms with Crippen LogP contribution in [0.15, 0.2) is 42.6 Å². The first-order chi connectivity index (χ1) is 12.4. The van der Waals surface area contributed by atoms with Crippen molar-refractivity contribution < 1.29 is 18.3 Å². The number of hydrogen-bond donors (Lipinski definition) is 1. The molecule has 2 unspecified atom stereocenters. The van der Waals surface area contributed by atoms with Crippen LogP contribution in [-0.4, -0.2) is 42.6 Å². The number of fused-ring (bicyclic) bond motifs is 1. The Bertz CT molecular complexity index is 912. The molecule has 0 radical (unpaired) electrons. The van der Waals surface area contributed by atoms with Crippen molar-refractivity contribution in [2.75, 3.05) is 6.54 Å². The number of benzene rings is 1. The Morgan fingerprint density at radius 2 is 1.92 bits per heavy atom. The van der Waals surface area contributed by atoms with Crippen molar-refractivity contribution in [3.63, 3.8) is 0 Å². The highest BCUT2D eigenvalue weighted by Crippen LogP contribution is 2.32. The predicted octanol–water partition coefficient (Wildman–Crippen LogP) is 2.45. The van der Waals surface area contributed by atoms with E-state index in [0.29, 0.717) is 29.6 Å². The zero-order valence-corrected chi connectivity index (χ0v) is 13.6. The van der Waals surface area contributed by atoms with Crippen LogP contribution < -0.4 is 0 Å². The molecule has 3 heterocycles. The molecule has 1 fully saturated rings. The Labute approximate surface area is 146 Å². The molecule has 1 aliphatic heterocycles. The van der Waals surface area contributed by atoms with Gasteiger partial charge >= 0.3 is 6.18 Å². The standard InChI is InChI=1S/C17H16F3N5O/c18-17(19,20)16-23-22-14-6-11(8-21-25(14)16)9-24-10-13(7-15(24)26)12-4-2-1-3-5-12/h1-6,8,13,15,26H,7,9-10H2. The van der Waals surface area contributed by atoms with Crippen molar-refractivity contribution in [1.82, 2.24) is 24.7 Å². The monoisotopic (exact) mass is 363 g/mol. The van der Waals surface area contributed by atoms with Crippen molar-refractivity contribution in [2.45, 2.75) is 31.3 Å². The Balaban J connectivity index is 1.52. The molecule has 3 aromatic rings. The van der Waals surface area contributed by atoms with Crippen molar-refractivity contribution in [3.05, 3.63) is 59.5 Å². The van der Waals surface area contributed by atoms with E-state index in [1.165, 1.54) is 12.3 Å². The number of alkyl halides is 3. The fourth-order valence-corrected chi connectivity index (χ4v) is 3.35. The third kappa shape index (κ3) is 3.15. The Hall–Kier alpha value is -2.52. The van der Waals surface area contributed by atoms with E-state index in [9.17, 15) is 18.3 Å². The number of aromatic nitrogens is 4. The molecule has 26 heavy (non-hydrogen) atoms. The Morgan fingerprint density at radius 1 is 1.15 bits per heavy atom. The molecule has 6 nitrogen and oxygen atoms in total. The van der Waals surface area contributed by atoms with Gasteiger partial charge in [-0.1, -0.05) is 30.3 Å². The number of likely N-dealkylation sites (tertiary alicyclic amines) is 1. The summed E-state index contributed by atoms with van der Waals surface area (Å²) in [7, 11) is 0. The van der Waals surface area contributed by atoms with Gasteiger partial charge in [-0.05, 0) is 23.6 Å². The summed E-state index contributed by atoms with van der Waals surface area (Å²) in [5.41, 5.74) is 1.87. The number of halogens is 3.